The van der Waals surface area contributed by atoms with Gasteiger partial charge >= 0.3 is 0 Å². The molecule has 0 N–H and O–H groups in total. The minimum atomic E-state index is 0.894. The van der Waals surface area contributed by atoms with Crippen LogP contribution in [0.1, 0.15) is 66.2 Å². The van der Waals surface area contributed by atoms with Gasteiger partial charge in [-0.25, -0.2) is 0 Å². The summed E-state index contributed by atoms with van der Waals surface area (Å²) in [6, 6.07) is 0. The van der Waals surface area contributed by atoms with Gasteiger partial charge in [0.05, 0.1) is 0 Å². The molecule has 0 aromatic rings. The minimum Gasteiger partial charge on any atom is -0.299 e. The SMILES string of the molecule is CCC/C(C)=C/CC/C(C)=C/CC/C(C)=C/[O]. The molecule has 0 saturated heterocycles. The van der Waals surface area contributed by atoms with Gasteiger partial charge in [0.15, 0.2) is 0 Å². The van der Waals surface area contributed by atoms with Gasteiger partial charge in [-0.2, -0.15) is 0 Å². The molecule has 1 nitrogen and oxygen atoms in total. The molecule has 0 saturated carbocycles. The van der Waals surface area contributed by atoms with Crippen molar-refractivity contribution in [2.45, 2.75) is 66.2 Å². The van der Waals surface area contributed by atoms with E-state index >= 15 is 0 Å². The predicted molar refractivity (Wildman–Crippen MR) is 75.3 cm³/mol. The van der Waals surface area contributed by atoms with Crippen molar-refractivity contribution in [3.05, 3.63) is 35.1 Å². The van der Waals surface area contributed by atoms with Crippen LogP contribution in [0.25, 0.3) is 0 Å². The normalized spacial score (nSPS) is 14.2. The van der Waals surface area contributed by atoms with Crippen LogP contribution in [-0.4, -0.2) is 0 Å². The summed E-state index contributed by atoms with van der Waals surface area (Å²) in [4.78, 5) is 0. The fourth-order valence-electron chi connectivity index (χ4n) is 1.75. The highest BCUT2D eigenvalue weighted by Gasteiger charge is 1.92. The molecular formula is C16H27O. The summed E-state index contributed by atoms with van der Waals surface area (Å²) in [7, 11) is 0. The molecule has 0 aromatic heterocycles. The van der Waals surface area contributed by atoms with Crippen LogP contribution in [0.2, 0.25) is 0 Å². The van der Waals surface area contributed by atoms with E-state index in [1.54, 1.807) is 0 Å². The van der Waals surface area contributed by atoms with Crippen molar-refractivity contribution in [1.29, 1.82) is 0 Å². The lowest BCUT2D eigenvalue weighted by molar-refractivity contribution is 0.345. The Morgan fingerprint density at radius 3 is 1.76 bits per heavy atom. The van der Waals surface area contributed by atoms with Crippen LogP contribution < -0.4 is 0 Å². The van der Waals surface area contributed by atoms with Crippen molar-refractivity contribution in [3.63, 3.8) is 0 Å². The first-order valence-electron chi connectivity index (χ1n) is 6.69. The molecule has 0 aliphatic rings. The molecule has 0 unspecified atom stereocenters. The second-order valence-corrected chi connectivity index (χ2v) is 4.89. The van der Waals surface area contributed by atoms with E-state index in [2.05, 4.69) is 32.9 Å². The Hall–Kier alpha value is -0.980. The van der Waals surface area contributed by atoms with E-state index in [0.717, 1.165) is 37.5 Å². The number of hydrogen-bond acceptors (Lipinski definition) is 0. The summed E-state index contributed by atoms with van der Waals surface area (Å²) in [6.07, 6.45) is 12.2. The van der Waals surface area contributed by atoms with Crippen LogP contribution in [0.15, 0.2) is 35.1 Å². The lowest BCUT2D eigenvalue weighted by atomic mass is 10.1. The van der Waals surface area contributed by atoms with Crippen molar-refractivity contribution in [2.75, 3.05) is 0 Å². The smallest absolute Gasteiger partial charge is 0.141 e. The van der Waals surface area contributed by atoms with Gasteiger partial charge in [-0.05, 0) is 58.4 Å². The van der Waals surface area contributed by atoms with Gasteiger partial charge in [0.25, 0.3) is 0 Å². The maximum absolute atomic E-state index is 10.4. The number of rotatable bonds is 8. The molecule has 1 heteroatoms. The Morgan fingerprint density at radius 2 is 1.29 bits per heavy atom. The maximum atomic E-state index is 10.4. The van der Waals surface area contributed by atoms with Gasteiger partial charge in [-0.3, -0.25) is 5.11 Å². The number of allylic oxidation sites excluding steroid dienone is 5. The molecule has 0 aliphatic carbocycles. The average molecular weight is 235 g/mol. The largest absolute Gasteiger partial charge is 0.299 e. The summed E-state index contributed by atoms with van der Waals surface area (Å²) in [6.45, 7) is 8.51. The summed E-state index contributed by atoms with van der Waals surface area (Å²) < 4.78 is 0. The summed E-state index contributed by atoms with van der Waals surface area (Å²) in [5.41, 5.74) is 3.88. The molecule has 0 rings (SSSR count). The lowest BCUT2D eigenvalue weighted by Crippen LogP contribution is -1.81. The first-order chi connectivity index (χ1) is 8.10. The third kappa shape index (κ3) is 9.92. The van der Waals surface area contributed by atoms with Crippen molar-refractivity contribution in [1.82, 2.24) is 0 Å². The highest BCUT2D eigenvalue weighted by molar-refractivity contribution is 5.05. The standard InChI is InChI=1S/C16H27O/c1-5-8-14(2)9-6-10-15(3)11-7-12-16(4)13-17/h9,11,13H,5-8,10,12H2,1-4H3/b14-9+,15-11+,16-13+. The van der Waals surface area contributed by atoms with E-state index in [1.807, 2.05) is 6.92 Å². The average Bonchev–Trinajstić information content (AvgIpc) is 2.29. The Balaban J connectivity index is 3.81. The van der Waals surface area contributed by atoms with E-state index < -0.39 is 0 Å². The first-order valence-corrected chi connectivity index (χ1v) is 6.69. The fraction of sp³-hybridized carbons (Fsp3) is 0.625. The second kappa shape index (κ2) is 10.2. The van der Waals surface area contributed by atoms with Gasteiger partial charge in [-0.15, -0.1) is 0 Å². The van der Waals surface area contributed by atoms with Gasteiger partial charge in [0.1, 0.15) is 6.26 Å². The molecular weight excluding hydrogens is 208 g/mol. The molecule has 0 fully saturated rings. The van der Waals surface area contributed by atoms with Gasteiger partial charge < -0.3 is 0 Å². The fourth-order valence-corrected chi connectivity index (χ4v) is 1.75. The zero-order valence-electron chi connectivity index (χ0n) is 11.9. The molecule has 0 atom stereocenters. The highest BCUT2D eigenvalue weighted by atomic mass is 16.2. The molecule has 0 heterocycles. The second-order valence-electron chi connectivity index (χ2n) is 4.89. The van der Waals surface area contributed by atoms with E-state index in [0.29, 0.717) is 0 Å². The van der Waals surface area contributed by atoms with E-state index in [9.17, 15) is 5.11 Å². The lowest BCUT2D eigenvalue weighted by Gasteiger charge is -2.01. The molecule has 0 aliphatic heterocycles. The molecule has 0 aromatic carbocycles. The van der Waals surface area contributed by atoms with Crippen LogP contribution in [0.3, 0.4) is 0 Å². The molecule has 1 radical (unpaired) electrons. The molecule has 0 spiro atoms. The third-order valence-electron chi connectivity index (χ3n) is 2.91. The van der Waals surface area contributed by atoms with E-state index in [4.69, 9.17) is 0 Å². The van der Waals surface area contributed by atoms with Crippen LogP contribution >= 0.6 is 0 Å². The number of hydrogen-bond donors (Lipinski definition) is 0. The molecule has 0 amide bonds. The first kappa shape index (κ1) is 16.0. The summed E-state index contributed by atoms with van der Waals surface area (Å²) in [5.74, 6) is 0. The Bertz CT molecular complexity index is 282. The molecule has 0 bridgehead atoms. The molecule has 17 heavy (non-hydrogen) atoms. The van der Waals surface area contributed by atoms with Gasteiger partial charge in [-0.1, -0.05) is 36.6 Å². The third-order valence-corrected chi connectivity index (χ3v) is 2.91. The minimum absolute atomic E-state index is 0.894. The Labute approximate surface area is 107 Å². The Morgan fingerprint density at radius 1 is 0.824 bits per heavy atom. The topological polar surface area (TPSA) is 19.9 Å². The van der Waals surface area contributed by atoms with Crippen LogP contribution in [-0.2, 0) is 5.11 Å². The maximum Gasteiger partial charge on any atom is 0.141 e. The molecule has 97 valence electrons. The van der Waals surface area contributed by atoms with Crippen molar-refractivity contribution >= 4 is 0 Å². The summed E-state index contributed by atoms with van der Waals surface area (Å²) in [5, 5.41) is 10.4. The predicted octanol–water partition coefficient (Wildman–Crippen LogP) is 5.57. The monoisotopic (exact) mass is 235 g/mol. The Kier molecular flexibility index (Phi) is 9.60. The van der Waals surface area contributed by atoms with Crippen LogP contribution in [0.4, 0.5) is 0 Å². The zero-order valence-corrected chi connectivity index (χ0v) is 11.9. The quantitative estimate of drug-likeness (QED) is 0.387. The van der Waals surface area contributed by atoms with Gasteiger partial charge in [0, 0.05) is 0 Å². The van der Waals surface area contributed by atoms with Crippen molar-refractivity contribution in [3.8, 4) is 0 Å². The van der Waals surface area contributed by atoms with E-state index in [-0.39, 0.29) is 0 Å². The zero-order chi connectivity index (χ0) is 13.1. The highest BCUT2D eigenvalue weighted by Crippen LogP contribution is 2.12. The van der Waals surface area contributed by atoms with Gasteiger partial charge in [0.2, 0.25) is 0 Å². The van der Waals surface area contributed by atoms with Crippen molar-refractivity contribution < 1.29 is 5.11 Å². The van der Waals surface area contributed by atoms with Crippen molar-refractivity contribution in [2.24, 2.45) is 0 Å². The van der Waals surface area contributed by atoms with E-state index in [1.165, 1.54) is 24.0 Å². The van der Waals surface area contributed by atoms with Crippen LogP contribution in [0.5, 0.6) is 0 Å². The summed E-state index contributed by atoms with van der Waals surface area (Å²) >= 11 is 0. The van der Waals surface area contributed by atoms with Crippen LogP contribution in [0, 0.1) is 0 Å².